The first-order chi connectivity index (χ1) is 20.3. The summed E-state index contributed by atoms with van der Waals surface area (Å²) in [7, 11) is 0. The van der Waals surface area contributed by atoms with Gasteiger partial charge in [-0.3, -0.25) is 15.0 Å². The number of aryl methyl sites for hydroxylation is 1. The number of benzene rings is 1. The lowest BCUT2D eigenvalue weighted by molar-refractivity contribution is -0.147. The van der Waals surface area contributed by atoms with Crippen LogP contribution in [0.25, 0.3) is 0 Å². The number of carbonyl (C=O) groups is 2. The van der Waals surface area contributed by atoms with Crippen LogP contribution >= 0.6 is 0 Å². The maximum absolute atomic E-state index is 12.8. The van der Waals surface area contributed by atoms with Crippen molar-refractivity contribution >= 4 is 29.2 Å². The van der Waals surface area contributed by atoms with Gasteiger partial charge in [-0.25, -0.2) is 15.0 Å². The monoisotopic (exact) mass is 595 g/mol. The van der Waals surface area contributed by atoms with E-state index in [4.69, 9.17) is 11.1 Å². The number of carbonyl (C=O) groups excluding carboxylic acids is 2. The van der Waals surface area contributed by atoms with Crippen LogP contribution < -0.4 is 11.1 Å². The van der Waals surface area contributed by atoms with E-state index in [1.165, 1.54) is 49.9 Å². The first-order valence-electron chi connectivity index (χ1n) is 14.2. The fourth-order valence-corrected chi connectivity index (χ4v) is 5.27. The van der Waals surface area contributed by atoms with Crippen molar-refractivity contribution in [2.45, 2.75) is 59.1 Å². The molecule has 2 aromatic heterocycles. The minimum Gasteiger partial charge on any atom is -0.383 e. The highest BCUT2D eigenvalue weighted by molar-refractivity contribution is 6.14. The summed E-state index contributed by atoms with van der Waals surface area (Å²) in [5.41, 5.74) is 6.61. The van der Waals surface area contributed by atoms with E-state index in [9.17, 15) is 22.8 Å². The number of hydrogen-bond acceptors (Lipinski definition) is 7. The van der Waals surface area contributed by atoms with Gasteiger partial charge in [0.1, 0.15) is 18.0 Å². The van der Waals surface area contributed by atoms with Gasteiger partial charge >= 0.3 is 6.18 Å². The van der Waals surface area contributed by atoms with E-state index in [1.807, 2.05) is 0 Å². The summed E-state index contributed by atoms with van der Waals surface area (Å²) in [5, 5.41) is 10.6. The molecule has 1 atom stereocenters. The second kappa shape index (κ2) is 12.9. The predicted octanol–water partition coefficient (Wildman–Crippen LogP) is 5.88. The van der Waals surface area contributed by atoms with Crippen molar-refractivity contribution in [3.8, 4) is 0 Å². The largest absolute Gasteiger partial charge is 0.416 e. The SMILES string of the molecule is CC1CCCN(C(=O)C2(C)CCC2)C1.Cc1ncnc(N)c1C(=N)c1ccc(C(=O)Nc2cc(C(F)(F)F)ccn2)cc1. The molecule has 1 aliphatic heterocycles. The van der Waals surface area contributed by atoms with Crippen LogP contribution in [0.4, 0.5) is 24.8 Å². The molecule has 2 amide bonds. The number of aromatic nitrogens is 3. The van der Waals surface area contributed by atoms with Gasteiger partial charge in [-0.05, 0) is 62.8 Å². The maximum atomic E-state index is 12.8. The second-order valence-electron chi connectivity index (χ2n) is 11.5. The Morgan fingerprint density at radius 1 is 1.07 bits per heavy atom. The number of halogens is 3. The molecule has 1 aromatic carbocycles. The molecule has 4 N–H and O–H groups in total. The minimum absolute atomic E-state index is 0.0110. The van der Waals surface area contributed by atoms with Crippen LogP contribution in [0.5, 0.6) is 0 Å². The van der Waals surface area contributed by atoms with Crippen molar-refractivity contribution < 1.29 is 22.8 Å². The molecule has 2 fully saturated rings. The lowest BCUT2D eigenvalue weighted by atomic mass is 9.69. The molecular weight excluding hydrogens is 559 g/mol. The van der Waals surface area contributed by atoms with Gasteiger partial charge in [-0.1, -0.05) is 32.4 Å². The molecule has 5 rings (SSSR count). The number of nitrogen functional groups attached to an aromatic ring is 1. The summed E-state index contributed by atoms with van der Waals surface area (Å²) in [5.74, 6) is 0.451. The molecular formula is C31H36F3N7O2. The van der Waals surface area contributed by atoms with Gasteiger partial charge in [-0.2, -0.15) is 13.2 Å². The smallest absolute Gasteiger partial charge is 0.383 e. The van der Waals surface area contributed by atoms with Crippen molar-refractivity contribution in [1.82, 2.24) is 19.9 Å². The van der Waals surface area contributed by atoms with Crippen LogP contribution in [0.3, 0.4) is 0 Å². The van der Waals surface area contributed by atoms with E-state index >= 15 is 0 Å². The average Bonchev–Trinajstić information content (AvgIpc) is 2.95. The van der Waals surface area contributed by atoms with Crippen molar-refractivity contribution in [2.24, 2.45) is 11.3 Å². The van der Waals surface area contributed by atoms with E-state index in [1.54, 1.807) is 6.92 Å². The third-order valence-electron chi connectivity index (χ3n) is 8.00. The number of alkyl halides is 3. The Bertz CT molecular complexity index is 1470. The highest BCUT2D eigenvalue weighted by Gasteiger charge is 2.42. The number of nitrogens with one attached hydrogen (secondary N) is 2. The molecule has 228 valence electrons. The van der Waals surface area contributed by atoms with Crippen LogP contribution in [-0.4, -0.2) is 50.5 Å². The summed E-state index contributed by atoms with van der Waals surface area (Å²) in [6.07, 6.45) is 3.68. The lowest BCUT2D eigenvalue weighted by Gasteiger charge is -2.43. The Hall–Kier alpha value is -4.35. The van der Waals surface area contributed by atoms with Crippen molar-refractivity contribution in [3.05, 3.63) is 76.9 Å². The van der Waals surface area contributed by atoms with Crippen LogP contribution in [0.1, 0.15) is 78.7 Å². The van der Waals surface area contributed by atoms with Crippen LogP contribution in [-0.2, 0) is 11.0 Å². The van der Waals surface area contributed by atoms with Crippen molar-refractivity contribution in [1.29, 1.82) is 5.41 Å². The summed E-state index contributed by atoms with van der Waals surface area (Å²) >= 11 is 0. The number of rotatable bonds is 5. The third kappa shape index (κ3) is 7.54. The normalized spacial score (nSPS) is 17.6. The molecule has 0 spiro atoms. The molecule has 1 unspecified atom stereocenters. The van der Waals surface area contributed by atoms with Gasteiger partial charge in [0.05, 0.1) is 22.5 Å². The van der Waals surface area contributed by atoms with Gasteiger partial charge < -0.3 is 16.0 Å². The summed E-state index contributed by atoms with van der Waals surface area (Å²) < 4.78 is 38.3. The van der Waals surface area contributed by atoms with Gasteiger partial charge in [0, 0.05) is 35.8 Å². The fourth-order valence-electron chi connectivity index (χ4n) is 5.27. The first-order valence-corrected chi connectivity index (χ1v) is 14.2. The van der Waals surface area contributed by atoms with E-state index < -0.39 is 17.6 Å². The maximum Gasteiger partial charge on any atom is 0.416 e. The standard InChI is InChI=1S/C19H15F3N6O.C12H21NO/c1-10-15(17(24)27-9-26-10)16(23)11-2-4-12(5-3-11)18(29)28-14-8-13(6-7-25-14)19(20,21)22;1-10-5-3-8-13(9-10)11(14)12(2)6-4-7-12/h2-9,23H,1H3,(H2,24,26,27)(H,25,28,29);10H,3-9H2,1-2H3. The molecule has 1 saturated carbocycles. The molecule has 1 saturated heterocycles. The van der Waals surface area contributed by atoms with Crippen molar-refractivity contribution in [2.75, 3.05) is 24.1 Å². The average molecular weight is 596 g/mol. The Morgan fingerprint density at radius 3 is 2.33 bits per heavy atom. The first kappa shape index (κ1) is 31.6. The quantitative estimate of drug-likeness (QED) is 0.315. The molecule has 2 aliphatic rings. The van der Waals surface area contributed by atoms with Crippen molar-refractivity contribution in [3.63, 3.8) is 0 Å². The summed E-state index contributed by atoms with van der Waals surface area (Å²) in [4.78, 5) is 38.2. The Labute approximate surface area is 248 Å². The number of piperidine rings is 1. The number of hydrogen-bond donors (Lipinski definition) is 3. The van der Waals surface area contributed by atoms with Gasteiger partial charge in [-0.15, -0.1) is 0 Å². The Kier molecular flexibility index (Phi) is 9.46. The highest BCUT2D eigenvalue weighted by Crippen LogP contribution is 2.42. The number of nitrogens with two attached hydrogens (primary N) is 1. The van der Waals surface area contributed by atoms with E-state index in [0.717, 1.165) is 44.3 Å². The van der Waals surface area contributed by atoms with Crippen LogP contribution in [0.2, 0.25) is 0 Å². The second-order valence-corrected chi connectivity index (χ2v) is 11.5. The van der Waals surface area contributed by atoms with E-state index in [2.05, 4.69) is 39.0 Å². The number of anilines is 2. The molecule has 12 heteroatoms. The molecule has 3 aromatic rings. The molecule has 1 aliphatic carbocycles. The Morgan fingerprint density at radius 2 is 1.74 bits per heavy atom. The number of pyridine rings is 1. The topological polar surface area (TPSA) is 138 Å². The summed E-state index contributed by atoms with van der Waals surface area (Å²) in [6.45, 7) is 8.08. The van der Waals surface area contributed by atoms with Gasteiger partial charge in [0.25, 0.3) is 5.91 Å². The van der Waals surface area contributed by atoms with E-state index in [-0.39, 0.29) is 28.3 Å². The number of likely N-dealkylation sites (tertiary alicyclic amines) is 1. The third-order valence-corrected chi connectivity index (χ3v) is 8.00. The predicted molar refractivity (Wildman–Crippen MR) is 158 cm³/mol. The fraction of sp³-hybridized carbons (Fsp3) is 0.419. The number of nitrogens with zero attached hydrogens (tertiary/aromatic N) is 4. The zero-order chi connectivity index (χ0) is 31.4. The molecule has 3 heterocycles. The van der Waals surface area contributed by atoms with Gasteiger partial charge in [0.2, 0.25) is 5.91 Å². The highest BCUT2D eigenvalue weighted by atomic mass is 19.4. The minimum atomic E-state index is -4.54. The Balaban J connectivity index is 0.000000251. The molecule has 0 bridgehead atoms. The molecule has 43 heavy (non-hydrogen) atoms. The zero-order valence-electron chi connectivity index (χ0n) is 24.5. The van der Waals surface area contributed by atoms with Gasteiger partial charge in [0.15, 0.2) is 0 Å². The van der Waals surface area contributed by atoms with Crippen LogP contribution in [0, 0.1) is 23.7 Å². The molecule has 0 radical (unpaired) electrons. The van der Waals surface area contributed by atoms with Crippen LogP contribution in [0.15, 0.2) is 48.9 Å². The summed E-state index contributed by atoms with van der Waals surface area (Å²) in [6, 6.07) is 7.52. The lowest BCUT2D eigenvalue weighted by Crippen LogP contribution is -2.49. The molecule has 9 nitrogen and oxygen atoms in total. The van der Waals surface area contributed by atoms with E-state index in [0.29, 0.717) is 28.6 Å². The zero-order valence-corrected chi connectivity index (χ0v) is 24.5. The number of amides is 2.